The number of carbonyl (C=O) groups is 1. The van der Waals surface area contributed by atoms with Crippen molar-refractivity contribution in [1.29, 1.82) is 0 Å². The molecular formula is C20H18N6O2S. The molecule has 0 saturated carbocycles. The van der Waals surface area contributed by atoms with Gasteiger partial charge in [-0.3, -0.25) is 14.6 Å². The highest BCUT2D eigenvalue weighted by Gasteiger charge is 2.14. The van der Waals surface area contributed by atoms with Gasteiger partial charge < -0.3 is 5.32 Å². The van der Waals surface area contributed by atoms with Gasteiger partial charge in [-0.15, -0.1) is 10.2 Å². The second kappa shape index (κ2) is 7.88. The number of fused-ring (bicyclic) bond motifs is 1. The van der Waals surface area contributed by atoms with Crippen molar-refractivity contribution in [2.24, 2.45) is 0 Å². The van der Waals surface area contributed by atoms with Crippen molar-refractivity contribution < 1.29 is 4.79 Å². The van der Waals surface area contributed by atoms with Gasteiger partial charge in [0.15, 0.2) is 5.69 Å². The lowest BCUT2D eigenvalue weighted by molar-refractivity contribution is -0.113. The number of aryl methyl sites for hydroxylation is 2. The third kappa shape index (κ3) is 4.19. The molecule has 0 atom stereocenters. The molecule has 1 amide bonds. The molecule has 0 bridgehead atoms. The molecule has 4 aromatic rings. The maximum atomic E-state index is 12.4. The van der Waals surface area contributed by atoms with Crippen LogP contribution in [0.15, 0.2) is 58.5 Å². The van der Waals surface area contributed by atoms with Gasteiger partial charge in [0.25, 0.3) is 11.3 Å². The van der Waals surface area contributed by atoms with E-state index in [-0.39, 0.29) is 28.7 Å². The standard InChI is InChI=1S/C20H18N6O2S/c1-12-6-8-14(9-7-12)17-18(28)22-19-23-24-20(26(19)25-17)29-11-16(27)21-15-5-3-4-13(2)10-15/h3-10H,11H2,1-2H3,(H,21,27)(H,22,23,28). The first-order valence-corrected chi connectivity index (χ1v) is 9.90. The number of nitrogens with one attached hydrogen (secondary N) is 2. The topological polar surface area (TPSA) is 105 Å². The SMILES string of the molecule is Cc1ccc(-c2nn3c(SCC(=O)Nc4cccc(C)c4)nnc3[nH]c2=O)cc1. The summed E-state index contributed by atoms with van der Waals surface area (Å²) in [5, 5.41) is 15.7. The van der Waals surface area contributed by atoms with Gasteiger partial charge in [-0.1, -0.05) is 53.7 Å². The predicted molar refractivity (Wildman–Crippen MR) is 112 cm³/mol. The highest BCUT2D eigenvalue weighted by molar-refractivity contribution is 7.99. The highest BCUT2D eigenvalue weighted by atomic mass is 32.2. The van der Waals surface area contributed by atoms with Gasteiger partial charge in [-0.2, -0.15) is 9.61 Å². The average molecular weight is 406 g/mol. The van der Waals surface area contributed by atoms with Gasteiger partial charge >= 0.3 is 0 Å². The molecule has 29 heavy (non-hydrogen) atoms. The van der Waals surface area contributed by atoms with Gasteiger partial charge in [-0.25, -0.2) is 0 Å². The first-order chi connectivity index (χ1) is 14.0. The molecule has 0 aliphatic heterocycles. The van der Waals surface area contributed by atoms with E-state index < -0.39 is 0 Å². The van der Waals surface area contributed by atoms with Gasteiger partial charge in [0.2, 0.25) is 11.1 Å². The lowest BCUT2D eigenvalue weighted by Gasteiger charge is -2.05. The van der Waals surface area contributed by atoms with Crippen LogP contribution in [0.1, 0.15) is 11.1 Å². The summed E-state index contributed by atoms with van der Waals surface area (Å²) in [5.41, 5.74) is 3.51. The molecule has 0 aliphatic carbocycles. The van der Waals surface area contributed by atoms with Crippen molar-refractivity contribution in [3.8, 4) is 11.3 Å². The van der Waals surface area contributed by atoms with Crippen molar-refractivity contribution in [2.75, 3.05) is 11.1 Å². The number of rotatable bonds is 5. The van der Waals surface area contributed by atoms with Gasteiger partial charge in [0.1, 0.15) is 0 Å². The number of nitrogens with zero attached hydrogens (tertiary/aromatic N) is 4. The first kappa shape index (κ1) is 18.9. The molecule has 0 spiro atoms. The van der Waals surface area contributed by atoms with Gasteiger partial charge in [0.05, 0.1) is 5.75 Å². The number of H-pyrrole nitrogens is 1. The van der Waals surface area contributed by atoms with Crippen molar-refractivity contribution in [3.05, 3.63) is 70.0 Å². The summed E-state index contributed by atoms with van der Waals surface area (Å²) in [6.45, 7) is 3.94. The van der Waals surface area contributed by atoms with Crippen LogP contribution < -0.4 is 10.9 Å². The molecule has 2 heterocycles. The number of benzene rings is 2. The Hall–Kier alpha value is -3.46. The van der Waals surface area contributed by atoms with Crippen molar-refractivity contribution >= 4 is 29.1 Å². The normalized spacial score (nSPS) is 11.0. The second-order valence-electron chi connectivity index (χ2n) is 6.59. The molecule has 0 fully saturated rings. The van der Waals surface area contributed by atoms with Crippen LogP contribution in [0.25, 0.3) is 17.0 Å². The molecular weight excluding hydrogens is 388 g/mol. The molecule has 0 unspecified atom stereocenters. The Kier molecular flexibility index (Phi) is 5.13. The molecule has 2 aromatic carbocycles. The van der Waals surface area contributed by atoms with E-state index in [1.165, 1.54) is 16.3 Å². The van der Waals surface area contributed by atoms with Crippen molar-refractivity contribution in [1.82, 2.24) is 24.8 Å². The molecule has 4 rings (SSSR count). The second-order valence-corrected chi connectivity index (χ2v) is 7.54. The smallest absolute Gasteiger partial charge is 0.279 e. The molecule has 0 radical (unpaired) electrons. The van der Waals surface area contributed by atoms with Crippen LogP contribution in [-0.2, 0) is 4.79 Å². The fourth-order valence-corrected chi connectivity index (χ4v) is 3.46. The molecule has 0 saturated heterocycles. The van der Waals surface area contributed by atoms with Crippen LogP contribution in [0.3, 0.4) is 0 Å². The fourth-order valence-electron chi connectivity index (χ4n) is 2.78. The monoisotopic (exact) mass is 406 g/mol. The molecule has 2 aromatic heterocycles. The molecule has 8 nitrogen and oxygen atoms in total. The number of hydrogen-bond donors (Lipinski definition) is 2. The average Bonchev–Trinajstić information content (AvgIpc) is 3.08. The van der Waals surface area contributed by atoms with E-state index >= 15 is 0 Å². The Morgan fingerprint density at radius 3 is 2.66 bits per heavy atom. The lowest BCUT2D eigenvalue weighted by atomic mass is 10.1. The van der Waals surface area contributed by atoms with Crippen LogP contribution >= 0.6 is 11.8 Å². The largest absolute Gasteiger partial charge is 0.325 e. The van der Waals surface area contributed by atoms with E-state index in [0.29, 0.717) is 10.7 Å². The van der Waals surface area contributed by atoms with Crippen molar-refractivity contribution in [2.45, 2.75) is 19.0 Å². The third-order valence-electron chi connectivity index (χ3n) is 4.21. The Morgan fingerprint density at radius 1 is 1.10 bits per heavy atom. The van der Waals surface area contributed by atoms with E-state index in [2.05, 4.69) is 25.6 Å². The molecule has 0 aliphatic rings. The summed E-state index contributed by atoms with van der Waals surface area (Å²) in [6.07, 6.45) is 0. The Balaban J connectivity index is 1.55. The quantitative estimate of drug-likeness (QED) is 0.494. The minimum absolute atomic E-state index is 0.134. The van der Waals surface area contributed by atoms with E-state index in [4.69, 9.17) is 0 Å². The summed E-state index contributed by atoms with van der Waals surface area (Å²) in [7, 11) is 0. The summed E-state index contributed by atoms with van der Waals surface area (Å²) < 4.78 is 1.45. The molecule has 146 valence electrons. The number of amides is 1. The number of anilines is 1. The molecule has 2 N–H and O–H groups in total. The number of hydrogen-bond acceptors (Lipinski definition) is 6. The van der Waals surface area contributed by atoms with Crippen LogP contribution in [0.4, 0.5) is 5.69 Å². The molecule has 9 heteroatoms. The minimum atomic E-state index is -0.345. The summed E-state index contributed by atoms with van der Waals surface area (Å²) in [5.74, 6) is 0.197. The van der Waals surface area contributed by atoms with Gasteiger partial charge in [-0.05, 0) is 31.5 Å². The van der Waals surface area contributed by atoms with Crippen LogP contribution in [0.2, 0.25) is 0 Å². The fraction of sp³-hybridized carbons (Fsp3) is 0.150. The number of aromatic nitrogens is 5. The maximum absolute atomic E-state index is 12.4. The number of aromatic amines is 1. The zero-order valence-electron chi connectivity index (χ0n) is 15.8. The lowest BCUT2D eigenvalue weighted by Crippen LogP contribution is -2.16. The van der Waals surface area contributed by atoms with Crippen molar-refractivity contribution in [3.63, 3.8) is 0 Å². The van der Waals surface area contributed by atoms with Crippen LogP contribution in [0, 0.1) is 13.8 Å². The summed E-state index contributed by atoms with van der Waals surface area (Å²) >= 11 is 1.19. The number of carbonyl (C=O) groups excluding carboxylic acids is 1. The summed E-state index contributed by atoms with van der Waals surface area (Å²) in [6, 6.07) is 15.1. The maximum Gasteiger partial charge on any atom is 0.279 e. The van der Waals surface area contributed by atoms with Crippen LogP contribution in [-0.4, -0.2) is 36.5 Å². The Labute approximate surface area is 170 Å². The van der Waals surface area contributed by atoms with E-state index in [9.17, 15) is 9.59 Å². The third-order valence-corrected chi connectivity index (χ3v) is 5.13. The predicted octanol–water partition coefficient (Wildman–Crippen LogP) is 2.83. The first-order valence-electron chi connectivity index (χ1n) is 8.92. The summed E-state index contributed by atoms with van der Waals surface area (Å²) in [4.78, 5) is 27.3. The zero-order valence-corrected chi connectivity index (χ0v) is 16.7. The van der Waals surface area contributed by atoms with E-state index in [0.717, 1.165) is 16.8 Å². The Morgan fingerprint density at radius 2 is 1.90 bits per heavy atom. The zero-order chi connectivity index (χ0) is 20.4. The van der Waals surface area contributed by atoms with E-state index in [1.807, 2.05) is 62.4 Å². The van der Waals surface area contributed by atoms with Gasteiger partial charge in [0, 0.05) is 11.3 Å². The number of thioether (sulfide) groups is 1. The van der Waals surface area contributed by atoms with Crippen LogP contribution in [0.5, 0.6) is 0 Å². The highest BCUT2D eigenvalue weighted by Crippen LogP contribution is 2.18. The Bertz CT molecular complexity index is 1250. The minimum Gasteiger partial charge on any atom is -0.325 e. The van der Waals surface area contributed by atoms with E-state index in [1.54, 1.807) is 0 Å².